The van der Waals surface area contributed by atoms with Crippen molar-refractivity contribution < 1.29 is 14.1 Å². The van der Waals surface area contributed by atoms with E-state index in [2.05, 4.69) is 22.6 Å². The van der Waals surface area contributed by atoms with Crippen LogP contribution in [0.25, 0.3) is 11.3 Å². The van der Waals surface area contributed by atoms with Crippen molar-refractivity contribution in [1.29, 1.82) is 0 Å². The van der Waals surface area contributed by atoms with Crippen molar-refractivity contribution >= 4 is 5.91 Å². The van der Waals surface area contributed by atoms with Crippen molar-refractivity contribution in [1.82, 2.24) is 10.5 Å². The standard InChI is InChI=1S/C21H18N2O3/c24-21(22-17-10-5-7-13-6-1-2-8-14(13)17)19-16-12-25-18-11-4-3-9-15(18)20(16)26-23-19/h1-4,6,8-9,11,17H,5,7,10,12H2,(H,22,24)/t17-/m0/s1. The number of carbonyl (C=O) groups excluding carboxylic acids is 1. The maximum atomic E-state index is 12.9. The molecule has 2 aliphatic rings. The van der Waals surface area contributed by atoms with E-state index < -0.39 is 0 Å². The molecular weight excluding hydrogens is 328 g/mol. The van der Waals surface area contributed by atoms with Gasteiger partial charge in [-0.1, -0.05) is 41.6 Å². The van der Waals surface area contributed by atoms with Crippen LogP contribution in [0.3, 0.4) is 0 Å². The molecule has 2 heterocycles. The summed E-state index contributed by atoms with van der Waals surface area (Å²) in [5.74, 6) is 1.17. The van der Waals surface area contributed by atoms with Gasteiger partial charge in [0, 0.05) is 0 Å². The molecule has 0 saturated carbocycles. The Kier molecular flexibility index (Phi) is 3.52. The summed E-state index contributed by atoms with van der Waals surface area (Å²) in [6.45, 7) is 0.292. The van der Waals surface area contributed by atoms with Crippen LogP contribution >= 0.6 is 0 Å². The fourth-order valence-electron chi connectivity index (χ4n) is 3.89. The van der Waals surface area contributed by atoms with Gasteiger partial charge in [-0.05, 0) is 42.5 Å². The van der Waals surface area contributed by atoms with Crippen LogP contribution in [0.1, 0.15) is 46.1 Å². The van der Waals surface area contributed by atoms with Crippen LogP contribution in [-0.2, 0) is 13.0 Å². The molecule has 3 aromatic rings. The van der Waals surface area contributed by atoms with Crippen molar-refractivity contribution in [2.45, 2.75) is 31.9 Å². The predicted octanol–water partition coefficient (Wildman–Crippen LogP) is 4.04. The summed E-state index contributed by atoms with van der Waals surface area (Å²) in [6.07, 6.45) is 3.06. The van der Waals surface area contributed by atoms with Crippen LogP contribution in [0.5, 0.6) is 5.75 Å². The van der Waals surface area contributed by atoms with Gasteiger partial charge in [-0.15, -0.1) is 0 Å². The van der Waals surface area contributed by atoms with E-state index >= 15 is 0 Å². The number of ether oxygens (including phenoxy) is 1. The summed E-state index contributed by atoms with van der Waals surface area (Å²) < 4.78 is 11.3. The van der Waals surface area contributed by atoms with Gasteiger partial charge in [0.25, 0.3) is 5.91 Å². The number of carbonyl (C=O) groups is 1. The number of para-hydroxylation sites is 1. The monoisotopic (exact) mass is 346 g/mol. The highest BCUT2D eigenvalue weighted by molar-refractivity contribution is 5.96. The van der Waals surface area contributed by atoms with Crippen molar-refractivity contribution in [3.05, 3.63) is 70.9 Å². The lowest BCUT2D eigenvalue weighted by atomic mass is 9.87. The summed E-state index contributed by atoms with van der Waals surface area (Å²) in [5, 5.41) is 7.19. The zero-order valence-electron chi connectivity index (χ0n) is 14.2. The van der Waals surface area contributed by atoms with Crippen LogP contribution in [0.4, 0.5) is 0 Å². The lowest BCUT2D eigenvalue weighted by Crippen LogP contribution is -2.32. The minimum atomic E-state index is -0.209. The molecule has 26 heavy (non-hydrogen) atoms. The third-order valence-electron chi connectivity index (χ3n) is 5.18. The Hall–Kier alpha value is -3.08. The summed E-state index contributed by atoms with van der Waals surface area (Å²) in [6, 6.07) is 15.9. The van der Waals surface area contributed by atoms with Crippen molar-refractivity contribution in [3.8, 4) is 17.1 Å². The Morgan fingerprint density at radius 3 is 2.92 bits per heavy atom. The Labute approximate surface area is 151 Å². The Balaban J connectivity index is 1.44. The zero-order chi connectivity index (χ0) is 17.5. The van der Waals surface area contributed by atoms with Gasteiger partial charge in [0.1, 0.15) is 12.4 Å². The van der Waals surface area contributed by atoms with E-state index in [1.54, 1.807) is 0 Å². The number of rotatable bonds is 2. The van der Waals surface area contributed by atoms with Gasteiger partial charge in [0.05, 0.1) is 17.2 Å². The average molecular weight is 346 g/mol. The van der Waals surface area contributed by atoms with E-state index in [0.717, 1.165) is 30.6 Å². The second kappa shape index (κ2) is 6.02. The van der Waals surface area contributed by atoms with E-state index in [9.17, 15) is 4.79 Å². The molecule has 1 aliphatic carbocycles. The van der Waals surface area contributed by atoms with Gasteiger partial charge in [0.15, 0.2) is 11.5 Å². The summed E-state index contributed by atoms with van der Waals surface area (Å²) in [4.78, 5) is 12.9. The van der Waals surface area contributed by atoms with Gasteiger partial charge in [0.2, 0.25) is 0 Å². The third kappa shape index (κ3) is 2.39. The quantitative estimate of drug-likeness (QED) is 0.760. The maximum absolute atomic E-state index is 12.9. The van der Waals surface area contributed by atoms with Crippen molar-refractivity contribution in [3.63, 3.8) is 0 Å². The maximum Gasteiger partial charge on any atom is 0.274 e. The number of nitrogens with zero attached hydrogens (tertiary/aromatic N) is 1. The number of aryl methyl sites for hydroxylation is 1. The molecule has 1 atom stereocenters. The lowest BCUT2D eigenvalue weighted by molar-refractivity contribution is 0.0921. The van der Waals surface area contributed by atoms with Gasteiger partial charge < -0.3 is 14.6 Å². The van der Waals surface area contributed by atoms with Crippen LogP contribution < -0.4 is 10.1 Å². The molecule has 0 bridgehead atoms. The number of aromatic nitrogens is 1. The molecule has 5 nitrogen and oxygen atoms in total. The number of benzene rings is 2. The first-order valence-electron chi connectivity index (χ1n) is 8.90. The molecule has 5 heteroatoms. The Morgan fingerprint density at radius 2 is 1.96 bits per heavy atom. The molecular formula is C21H18N2O3. The van der Waals surface area contributed by atoms with E-state index in [-0.39, 0.29) is 11.9 Å². The topological polar surface area (TPSA) is 64.4 Å². The summed E-state index contributed by atoms with van der Waals surface area (Å²) in [7, 11) is 0. The minimum Gasteiger partial charge on any atom is -0.488 e. The highest BCUT2D eigenvalue weighted by Gasteiger charge is 2.30. The first-order valence-corrected chi connectivity index (χ1v) is 8.90. The molecule has 1 aromatic heterocycles. The normalized spacial score (nSPS) is 17.5. The van der Waals surface area contributed by atoms with E-state index in [1.165, 1.54) is 11.1 Å². The second-order valence-electron chi connectivity index (χ2n) is 6.74. The highest BCUT2D eigenvalue weighted by Crippen LogP contribution is 2.38. The minimum absolute atomic E-state index is 0.0107. The largest absolute Gasteiger partial charge is 0.488 e. The number of amides is 1. The predicted molar refractivity (Wildman–Crippen MR) is 95.9 cm³/mol. The van der Waals surface area contributed by atoms with E-state index in [0.29, 0.717) is 23.6 Å². The molecule has 5 rings (SSSR count). The smallest absolute Gasteiger partial charge is 0.274 e. The Morgan fingerprint density at radius 1 is 1.12 bits per heavy atom. The molecule has 1 amide bonds. The van der Waals surface area contributed by atoms with Crippen LogP contribution in [-0.4, -0.2) is 11.1 Å². The first-order chi connectivity index (χ1) is 12.8. The molecule has 0 unspecified atom stereocenters. The van der Waals surface area contributed by atoms with Crippen LogP contribution in [0, 0.1) is 0 Å². The fourth-order valence-corrected chi connectivity index (χ4v) is 3.89. The molecule has 1 aliphatic heterocycles. The van der Waals surface area contributed by atoms with Crippen LogP contribution in [0.15, 0.2) is 53.1 Å². The molecule has 0 radical (unpaired) electrons. The van der Waals surface area contributed by atoms with Gasteiger partial charge in [-0.2, -0.15) is 0 Å². The first kappa shape index (κ1) is 15.2. The van der Waals surface area contributed by atoms with Crippen molar-refractivity contribution in [2.75, 3.05) is 0 Å². The molecule has 1 N–H and O–H groups in total. The lowest BCUT2D eigenvalue weighted by Gasteiger charge is -2.26. The number of hydrogen-bond acceptors (Lipinski definition) is 4. The van der Waals surface area contributed by atoms with Crippen LogP contribution in [0.2, 0.25) is 0 Å². The zero-order valence-corrected chi connectivity index (χ0v) is 14.2. The van der Waals surface area contributed by atoms with E-state index in [4.69, 9.17) is 9.26 Å². The molecule has 2 aromatic carbocycles. The average Bonchev–Trinajstić information content (AvgIpc) is 3.13. The van der Waals surface area contributed by atoms with Crippen molar-refractivity contribution in [2.24, 2.45) is 0 Å². The van der Waals surface area contributed by atoms with Gasteiger partial charge in [-0.25, -0.2) is 0 Å². The fraction of sp³-hybridized carbons (Fsp3) is 0.238. The third-order valence-corrected chi connectivity index (χ3v) is 5.18. The molecule has 0 spiro atoms. The number of nitrogens with one attached hydrogen (secondary N) is 1. The second-order valence-corrected chi connectivity index (χ2v) is 6.74. The number of hydrogen-bond donors (Lipinski definition) is 1. The summed E-state index contributed by atoms with van der Waals surface area (Å²) in [5.41, 5.74) is 4.38. The van der Waals surface area contributed by atoms with Gasteiger partial charge in [-0.3, -0.25) is 4.79 Å². The SMILES string of the molecule is O=C(N[C@H]1CCCc2ccccc21)c1noc2c1COc1ccccc1-2. The molecule has 130 valence electrons. The molecule has 0 fully saturated rings. The molecule has 0 saturated heterocycles. The van der Waals surface area contributed by atoms with Gasteiger partial charge >= 0.3 is 0 Å². The van der Waals surface area contributed by atoms with E-state index in [1.807, 2.05) is 36.4 Å². The number of fused-ring (bicyclic) bond motifs is 4. The Bertz CT molecular complexity index is 992. The summed E-state index contributed by atoms with van der Waals surface area (Å²) >= 11 is 0. The highest BCUT2D eigenvalue weighted by atomic mass is 16.5.